The molecule has 1 saturated heterocycles. The molecule has 0 aliphatic carbocycles. The third-order valence-electron chi connectivity index (χ3n) is 5.70. The smallest absolute Gasteiger partial charge is 0.339 e. The number of carbonyl (C=O) groups is 2. The van der Waals surface area contributed by atoms with E-state index in [1.807, 2.05) is 24.3 Å². The first-order chi connectivity index (χ1) is 17.0. The number of sulfonamides is 1. The number of likely N-dealkylation sites (tertiary alicyclic amines) is 1. The fraction of sp³-hybridized carbons (Fsp3) is 0.250. The van der Waals surface area contributed by atoms with Gasteiger partial charge in [0, 0.05) is 30.3 Å². The average molecular weight is 519 g/mol. The molecule has 4 rings (SSSR count). The molecule has 1 fully saturated rings. The molecule has 3 aromatic rings. The van der Waals surface area contributed by atoms with Crippen LogP contribution in [0.5, 0.6) is 0 Å². The van der Waals surface area contributed by atoms with Crippen LogP contribution in [0.15, 0.2) is 60.8 Å². The summed E-state index contributed by atoms with van der Waals surface area (Å²) in [7, 11) is -5.43. The van der Waals surface area contributed by atoms with Crippen molar-refractivity contribution >= 4 is 38.8 Å². The SMILES string of the molecule is O=C(/C=C/c1cnc2ccccc2n1)c1ccc(C(=O)N2CCC(NS(=O)(=O)C(F)(F)F)CC2)cc1. The zero-order chi connectivity index (χ0) is 25.9. The Hall–Kier alpha value is -3.64. The van der Waals surface area contributed by atoms with Crippen LogP contribution in [0.1, 0.15) is 39.3 Å². The summed E-state index contributed by atoms with van der Waals surface area (Å²) < 4.78 is 61.8. The molecule has 1 N–H and O–H groups in total. The summed E-state index contributed by atoms with van der Waals surface area (Å²) in [5.74, 6) is -0.644. The highest BCUT2D eigenvalue weighted by Gasteiger charge is 2.47. The highest BCUT2D eigenvalue weighted by Crippen LogP contribution is 2.24. The topological polar surface area (TPSA) is 109 Å². The van der Waals surface area contributed by atoms with Crippen molar-refractivity contribution in [3.63, 3.8) is 0 Å². The molecular formula is C24H21F3N4O4S. The van der Waals surface area contributed by atoms with E-state index >= 15 is 0 Å². The molecule has 0 radical (unpaired) electrons. The number of benzene rings is 2. The van der Waals surface area contributed by atoms with Crippen molar-refractivity contribution in [1.82, 2.24) is 19.6 Å². The maximum absolute atomic E-state index is 12.7. The van der Waals surface area contributed by atoms with Crippen molar-refractivity contribution in [2.45, 2.75) is 24.4 Å². The maximum Gasteiger partial charge on any atom is 0.511 e. The van der Waals surface area contributed by atoms with Gasteiger partial charge in [0.1, 0.15) is 0 Å². The molecule has 0 unspecified atom stereocenters. The zero-order valence-electron chi connectivity index (χ0n) is 18.8. The second-order valence-corrected chi connectivity index (χ2v) is 9.90. The van der Waals surface area contributed by atoms with Crippen LogP contribution in [-0.4, -0.2) is 59.6 Å². The Bertz CT molecular complexity index is 1420. The van der Waals surface area contributed by atoms with Gasteiger partial charge in [0.15, 0.2) is 5.78 Å². The number of amides is 1. The molecule has 1 aromatic heterocycles. The number of allylic oxidation sites excluding steroid dienone is 1. The van der Waals surface area contributed by atoms with E-state index in [1.54, 1.807) is 17.0 Å². The number of hydrogen-bond acceptors (Lipinski definition) is 6. The number of carbonyl (C=O) groups excluding carboxylic acids is 2. The van der Waals surface area contributed by atoms with E-state index in [0.717, 1.165) is 5.52 Å². The molecule has 1 aliphatic rings. The van der Waals surface area contributed by atoms with Crippen molar-refractivity contribution in [3.8, 4) is 0 Å². The lowest BCUT2D eigenvalue weighted by molar-refractivity contribution is -0.0453. The summed E-state index contributed by atoms with van der Waals surface area (Å²) in [6.07, 6.45) is 4.59. The number of alkyl halides is 3. The first-order valence-electron chi connectivity index (χ1n) is 11.0. The van der Waals surface area contributed by atoms with E-state index in [9.17, 15) is 31.2 Å². The number of rotatable bonds is 6. The average Bonchev–Trinajstić information content (AvgIpc) is 2.86. The van der Waals surface area contributed by atoms with Gasteiger partial charge in [-0.1, -0.05) is 24.3 Å². The van der Waals surface area contributed by atoms with Gasteiger partial charge in [-0.15, -0.1) is 0 Å². The van der Waals surface area contributed by atoms with E-state index in [2.05, 4.69) is 9.97 Å². The third-order valence-corrected chi connectivity index (χ3v) is 6.95. The van der Waals surface area contributed by atoms with Gasteiger partial charge >= 0.3 is 15.5 Å². The lowest BCUT2D eigenvalue weighted by atomic mass is 10.0. The summed E-state index contributed by atoms with van der Waals surface area (Å²) in [4.78, 5) is 35.4. The molecule has 12 heteroatoms. The predicted octanol–water partition coefficient (Wildman–Crippen LogP) is 3.57. The number of fused-ring (bicyclic) bond motifs is 1. The van der Waals surface area contributed by atoms with Crippen LogP contribution in [0, 0.1) is 0 Å². The molecule has 188 valence electrons. The van der Waals surface area contributed by atoms with E-state index in [4.69, 9.17) is 0 Å². The zero-order valence-corrected chi connectivity index (χ0v) is 19.6. The minimum Gasteiger partial charge on any atom is -0.339 e. The number of ketones is 1. The standard InChI is InChI=1S/C24H21F3N4O4S/c25-24(26,27)36(34,35)30-18-11-13-31(14-12-18)23(33)17-7-5-16(6-8-17)22(32)10-9-19-15-28-20-3-1-2-4-21(20)29-19/h1-10,15,18,30H,11-14H2/b10-9+. The van der Waals surface area contributed by atoms with Crippen molar-refractivity contribution in [1.29, 1.82) is 0 Å². The van der Waals surface area contributed by atoms with Crippen LogP contribution >= 0.6 is 0 Å². The fourth-order valence-electron chi connectivity index (χ4n) is 3.76. The van der Waals surface area contributed by atoms with Crippen molar-refractivity contribution in [3.05, 3.63) is 77.6 Å². The number of halogens is 3. The Morgan fingerprint density at radius 3 is 2.22 bits per heavy atom. The number of nitrogens with one attached hydrogen (secondary N) is 1. The lowest BCUT2D eigenvalue weighted by Crippen LogP contribution is -2.49. The first-order valence-corrected chi connectivity index (χ1v) is 12.4. The molecular weight excluding hydrogens is 497 g/mol. The predicted molar refractivity (Wildman–Crippen MR) is 126 cm³/mol. The fourth-order valence-corrected chi connectivity index (χ4v) is 4.56. The van der Waals surface area contributed by atoms with Gasteiger partial charge in [-0.2, -0.15) is 13.2 Å². The van der Waals surface area contributed by atoms with E-state index < -0.39 is 21.6 Å². The van der Waals surface area contributed by atoms with E-state index in [1.165, 1.54) is 35.2 Å². The van der Waals surface area contributed by atoms with Gasteiger partial charge in [0.05, 0.1) is 22.9 Å². The van der Waals surface area contributed by atoms with Crippen LogP contribution in [0.3, 0.4) is 0 Å². The monoisotopic (exact) mass is 518 g/mol. The molecule has 0 bridgehead atoms. The summed E-state index contributed by atoms with van der Waals surface area (Å²) in [5.41, 5.74) is -2.74. The van der Waals surface area contributed by atoms with Crippen molar-refractivity contribution in [2.75, 3.05) is 13.1 Å². The summed E-state index contributed by atoms with van der Waals surface area (Å²) in [5, 5.41) is 0. The van der Waals surface area contributed by atoms with Gasteiger partial charge in [0.2, 0.25) is 0 Å². The minimum atomic E-state index is -5.43. The quantitative estimate of drug-likeness (QED) is 0.395. The van der Waals surface area contributed by atoms with Crippen LogP contribution in [0.2, 0.25) is 0 Å². The molecule has 36 heavy (non-hydrogen) atoms. The van der Waals surface area contributed by atoms with E-state index in [0.29, 0.717) is 22.3 Å². The van der Waals surface area contributed by atoms with Crippen molar-refractivity contribution < 1.29 is 31.2 Å². The summed E-state index contributed by atoms with van der Waals surface area (Å²) in [6.45, 7) is 0.195. The molecule has 1 aliphatic heterocycles. The van der Waals surface area contributed by atoms with Crippen LogP contribution in [-0.2, 0) is 10.0 Å². The third kappa shape index (κ3) is 5.77. The minimum absolute atomic E-state index is 0.0556. The second kappa shape index (κ2) is 10.2. The Kier molecular flexibility index (Phi) is 7.18. The lowest BCUT2D eigenvalue weighted by Gasteiger charge is -2.32. The molecule has 1 amide bonds. The van der Waals surface area contributed by atoms with Gasteiger partial charge in [0.25, 0.3) is 5.91 Å². The molecule has 8 nitrogen and oxygen atoms in total. The van der Waals surface area contributed by atoms with Gasteiger partial charge < -0.3 is 4.90 Å². The maximum atomic E-state index is 12.7. The number of nitrogens with zero attached hydrogens (tertiary/aromatic N) is 3. The van der Waals surface area contributed by atoms with Crippen molar-refractivity contribution in [2.24, 2.45) is 0 Å². The normalized spacial score (nSPS) is 15.5. The molecule has 0 spiro atoms. The summed E-state index contributed by atoms with van der Waals surface area (Å²) >= 11 is 0. The highest BCUT2D eigenvalue weighted by atomic mass is 32.2. The second-order valence-electron chi connectivity index (χ2n) is 8.19. The molecule has 2 aromatic carbocycles. The first kappa shape index (κ1) is 25.5. The Labute approximate surface area is 204 Å². The van der Waals surface area contributed by atoms with E-state index in [-0.39, 0.29) is 37.6 Å². The van der Waals surface area contributed by atoms with Crippen LogP contribution in [0.4, 0.5) is 13.2 Å². The van der Waals surface area contributed by atoms with Gasteiger partial charge in [-0.3, -0.25) is 14.6 Å². The Morgan fingerprint density at radius 2 is 1.58 bits per heavy atom. The molecule has 2 heterocycles. The summed E-state index contributed by atoms with van der Waals surface area (Å²) in [6, 6.07) is 12.5. The Morgan fingerprint density at radius 1 is 0.972 bits per heavy atom. The molecule has 0 atom stereocenters. The number of para-hydroxylation sites is 2. The number of piperidine rings is 1. The highest BCUT2D eigenvalue weighted by molar-refractivity contribution is 7.90. The van der Waals surface area contributed by atoms with Crippen LogP contribution in [0.25, 0.3) is 17.1 Å². The van der Waals surface area contributed by atoms with Gasteiger partial charge in [-0.25, -0.2) is 18.1 Å². The number of aromatic nitrogens is 2. The van der Waals surface area contributed by atoms with Crippen LogP contribution < -0.4 is 4.72 Å². The Balaban J connectivity index is 1.34. The largest absolute Gasteiger partial charge is 0.511 e. The van der Waals surface area contributed by atoms with Gasteiger partial charge in [-0.05, 0) is 49.3 Å². The molecule has 0 saturated carbocycles. The number of hydrogen-bond donors (Lipinski definition) is 1.